The Morgan fingerprint density at radius 2 is 1.38 bits per heavy atom. The van der Waals surface area contributed by atoms with Crippen molar-refractivity contribution in [1.82, 2.24) is 25.8 Å². The number of amides is 7. The first kappa shape index (κ1) is 46.5. The number of aliphatic hydroxyl groups is 1. The Balaban J connectivity index is 0.707. The normalized spacial score (nSPS) is 18.4. The van der Waals surface area contributed by atoms with E-state index < -0.39 is 58.7 Å². The molecule has 3 aliphatic rings. The van der Waals surface area contributed by atoms with E-state index in [9.17, 15) is 47.4 Å². The van der Waals surface area contributed by atoms with Crippen LogP contribution in [-0.4, -0.2) is 87.6 Å². The number of carbonyl (C=O) groups excluding carboxylic acids is 7. The average Bonchev–Trinajstić information content (AvgIpc) is 3.92. The summed E-state index contributed by atoms with van der Waals surface area (Å²) in [7, 11) is 0. The molecule has 4 aromatic rings. The SMILES string of the molecule is O=C1CCC(N2C(=O)c3ccc(NCCCCCCCCCCCCCCNC(=O)c4cc5cc(N6CCC(O)(C(=O)NCc7cc(F)cc(F)c7)C6=O)ccc5[nH]4)cc3C2=O)C(=O)N1. The zero-order valence-electron chi connectivity index (χ0n) is 36.2. The minimum atomic E-state index is -2.34. The van der Waals surface area contributed by atoms with E-state index in [0.29, 0.717) is 34.9 Å². The number of unbranched alkanes of at least 4 members (excludes halogenated alkanes) is 11. The highest BCUT2D eigenvalue weighted by atomic mass is 19.1. The predicted molar refractivity (Wildman–Crippen MR) is 238 cm³/mol. The lowest BCUT2D eigenvalue weighted by molar-refractivity contribution is -0.149. The predicted octanol–water partition coefficient (Wildman–Crippen LogP) is 6.15. The van der Waals surface area contributed by atoms with Gasteiger partial charge in [-0.05, 0) is 79.4 Å². The minimum absolute atomic E-state index is 0.0683. The highest BCUT2D eigenvalue weighted by Gasteiger charge is 2.52. The number of aromatic nitrogens is 1. The molecule has 3 aliphatic heterocycles. The van der Waals surface area contributed by atoms with E-state index in [0.717, 1.165) is 74.2 Å². The molecule has 0 saturated carbocycles. The van der Waals surface area contributed by atoms with Gasteiger partial charge in [0, 0.05) is 67.4 Å². The molecule has 65 heavy (non-hydrogen) atoms. The quantitative estimate of drug-likeness (QED) is 0.0303. The maximum atomic E-state index is 13.5. The first-order valence-electron chi connectivity index (χ1n) is 22.6. The maximum absolute atomic E-state index is 13.5. The van der Waals surface area contributed by atoms with Crippen molar-refractivity contribution in [1.29, 1.82) is 0 Å². The standard InChI is InChI=1S/C48H55F2N7O8/c49-32-23-30(24-33(50)27-32)29-53-46(63)48(65)19-22-56(47(48)64)35-14-16-38-31(25-35)26-39(54-38)42(59)52-21-12-10-8-6-4-2-1-3-5-7-9-11-20-51-34-13-15-36-37(28-34)45(62)57(44(36)61)40-17-18-41(58)55-43(40)60/h13-16,23-28,40,51,54,65H,1-12,17-22,29H2,(H,52,59)(H,53,63)(H,55,58,60). The van der Waals surface area contributed by atoms with Crippen LogP contribution < -0.4 is 26.2 Å². The second kappa shape index (κ2) is 21.0. The third-order valence-corrected chi connectivity index (χ3v) is 12.4. The Hall–Kier alpha value is -6.49. The number of rotatable bonds is 22. The first-order chi connectivity index (χ1) is 31.3. The number of nitrogens with one attached hydrogen (secondary N) is 5. The summed E-state index contributed by atoms with van der Waals surface area (Å²) in [6.45, 7) is 1.09. The monoisotopic (exact) mass is 895 g/mol. The number of halogens is 2. The fraction of sp³-hybridized carbons (Fsp3) is 0.438. The molecular formula is C48H55F2N7O8. The molecule has 15 nitrogen and oxygen atoms in total. The zero-order valence-corrected chi connectivity index (χ0v) is 36.2. The van der Waals surface area contributed by atoms with Gasteiger partial charge in [0.2, 0.25) is 17.4 Å². The molecule has 7 amide bonds. The van der Waals surface area contributed by atoms with E-state index in [-0.39, 0.29) is 54.9 Å². The molecule has 0 bridgehead atoms. The third kappa shape index (κ3) is 11.1. The van der Waals surface area contributed by atoms with Gasteiger partial charge < -0.3 is 30.9 Å². The van der Waals surface area contributed by atoms with Gasteiger partial charge in [-0.3, -0.25) is 43.8 Å². The minimum Gasteiger partial charge on any atom is -0.385 e. The Labute approximate surface area is 375 Å². The number of anilines is 2. The van der Waals surface area contributed by atoms with Crippen molar-refractivity contribution in [2.24, 2.45) is 0 Å². The van der Waals surface area contributed by atoms with Crippen molar-refractivity contribution >= 4 is 63.6 Å². The van der Waals surface area contributed by atoms with Crippen molar-refractivity contribution in [2.45, 2.75) is 114 Å². The molecular weight excluding hydrogens is 841 g/mol. The molecule has 1 aromatic heterocycles. The molecule has 0 spiro atoms. The van der Waals surface area contributed by atoms with Crippen molar-refractivity contribution in [3.05, 3.63) is 94.7 Å². The van der Waals surface area contributed by atoms with Crippen LogP contribution in [0.15, 0.2) is 60.7 Å². The zero-order chi connectivity index (χ0) is 46.1. The van der Waals surface area contributed by atoms with Gasteiger partial charge in [-0.15, -0.1) is 0 Å². The van der Waals surface area contributed by atoms with Gasteiger partial charge in [-0.2, -0.15) is 0 Å². The van der Waals surface area contributed by atoms with Gasteiger partial charge in [-0.25, -0.2) is 8.78 Å². The van der Waals surface area contributed by atoms with E-state index in [1.165, 1.54) is 37.0 Å². The molecule has 6 N–H and O–H groups in total. The topological polar surface area (TPSA) is 210 Å². The van der Waals surface area contributed by atoms with Gasteiger partial charge in [0.1, 0.15) is 23.4 Å². The van der Waals surface area contributed by atoms with E-state index in [4.69, 9.17) is 0 Å². The van der Waals surface area contributed by atoms with Crippen LogP contribution in [-0.2, 0) is 25.7 Å². The summed E-state index contributed by atoms with van der Waals surface area (Å²) in [6, 6.07) is 13.7. The number of piperidine rings is 1. The van der Waals surface area contributed by atoms with Gasteiger partial charge in [0.15, 0.2) is 0 Å². The van der Waals surface area contributed by atoms with E-state index in [2.05, 4.69) is 26.3 Å². The van der Waals surface area contributed by atoms with Crippen LogP contribution in [0.25, 0.3) is 10.9 Å². The number of H-pyrrole nitrogens is 1. The number of benzene rings is 3. The second-order valence-corrected chi connectivity index (χ2v) is 17.1. The smallest absolute Gasteiger partial charge is 0.268 e. The Morgan fingerprint density at radius 3 is 2.06 bits per heavy atom. The van der Waals surface area contributed by atoms with E-state index >= 15 is 0 Å². The van der Waals surface area contributed by atoms with E-state index in [1.807, 2.05) is 0 Å². The summed E-state index contributed by atoms with van der Waals surface area (Å²) < 4.78 is 27.1. The van der Waals surface area contributed by atoms with Crippen LogP contribution in [0.5, 0.6) is 0 Å². The van der Waals surface area contributed by atoms with Crippen LogP contribution in [0, 0.1) is 11.6 Å². The number of aromatic amines is 1. The molecule has 4 heterocycles. The molecule has 0 radical (unpaired) electrons. The van der Waals surface area contributed by atoms with Crippen molar-refractivity contribution in [2.75, 3.05) is 29.9 Å². The fourth-order valence-corrected chi connectivity index (χ4v) is 8.74. The van der Waals surface area contributed by atoms with E-state index in [1.54, 1.807) is 42.5 Å². The number of hydrogen-bond donors (Lipinski definition) is 6. The Kier molecular flexibility index (Phi) is 15.0. The lowest BCUT2D eigenvalue weighted by Gasteiger charge is -2.27. The van der Waals surface area contributed by atoms with Gasteiger partial charge >= 0.3 is 0 Å². The van der Waals surface area contributed by atoms with Crippen molar-refractivity contribution in [3.63, 3.8) is 0 Å². The molecule has 2 atom stereocenters. The molecule has 2 unspecified atom stereocenters. The average molecular weight is 896 g/mol. The summed E-state index contributed by atoms with van der Waals surface area (Å²) >= 11 is 0. The number of hydrogen-bond acceptors (Lipinski definition) is 9. The molecule has 3 aromatic carbocycles. The number of carbonyl (C=O) groups is 7. The van der Waals surface area contributed by atoms with Crippen molar-refractivity contribution in [3.8, 4) is 0 Å². The van der Waals surface area contributed by atoms with Crippen LogP contribution in [0.4, 0.5) is 20.2 Å². The maximum Gasteiger partial charge on any atom is 0.268 e. The molecule has 2 saturated heterocycles. The largest absolute Gasteiger partial charge is 0.385 e. The summed E-state index contributed by atoms with van der Waals surface area (Å²) in [5.41, 5.74) is 0.601. The fourth-order valence-electron chi connectivity index (χ4n) is 8.74. The van der Waals surface area contributed by atoms with Crippen LogP contribution >= 0.6 is 0 Å². The summed E-state index contributed by atoms with van der Waals surface area (Å²) in [6.07, 6.45) is 13.3. The number of fused-ring (bicyclic) bond motifs is 2. The Morgan fingerprint density at radius 1 is 0.738 bits per heavy atom. The summed E-state index contributed by atoms with van der Waals surface area (Å²) in [5.74, 6) is -5.67. The molecule has 344 valence electrons. The molecule has 7 rings (SSSR count). The van der Waals surface area contributed by atoms with Crippen LogP contribution in [0.3, 0.4) is 0 Å². The lowest BCUT2D eigenvalue weighted by atomic mass is 10.0. The molecule has 17 heteroatoms. The summed E-state index contributed by atoms with van der Waals surface area (Å²) in [5, 5.41) is 22.6. The van der Waals surface area contributed by atoms with Gasteiger partial charge in [-0.1, -0.05) is 64.2 Å². The first-order valence-corrected chi connectivity index (χ1v) is 22.6. The lowest BCUT2D eigenvalue weighted by Crippen LogP contribution is -2.54. The highest BCUT2D eigenvalue weighted by Crippen LogP contribution is 2.32. The third-order valence-electron chi connectivity index (χ3n) is 12.4. The number of nitrogens with zero attached hydrogens (tertiary/aromatic N) is 2. The highest BCUT2D eigenvalue weighted by molar-refractivity contribution is 6.24. The van der Waals surface area contributed by atoms with Gasteiger partial charge in [0.25, 0.3) is 29.5 Å². The van der Waals surface area contributed by atoms with Crippen LogP contribution in [0.2, 0.25) is 0 Å². The summed E-state index contributed by atoms with van der Waals surface area (Å²) in [4.78, 5) is 94.2. The van der Waals surface area contributed by atoms with Crippen LogP contribution in [0.1, 0.15) is 133 Å². The number of imide groups is 2. The van der Waals surface area contributed by atoms with Crippen molar-refractivity contribution < 1.29 is 47.4 Å². The Bertz CT molecular complexity index is 2450. The second-order valence-electron chi connectivity index (χ2n) is 17.1. The van der Waals surface area contributed by atoms with Gasteiger partial charge in [0.05, 0.1) is 11.1 Å². The molecule has 0 aliphatic carbocycles. The molecule has 2 fully saturated rings.